The molecule has 2 aromatic rings. The number of rotatable bonds is 9. The minimum absolute atomic E-state index is 0.0518. The van der Waals surface area contributed by atoms with Crippen LogP contribution >= 0.6 is 0 Å². The third-order valence-corrected chi connectivity index (χ3v) is 7.34. The predicted octanol–water partition coefficient (Wildman–Crippen LogP) is 4.02. The van der Waals surface area contributed by atoms with Crippen molar-refractivity contribution in [2.75, 3.05) is 13.6 Å². The van der Waals surface area contributed by atoms with Gasteiger partial charge in [0.05, 0.1) is 41.8 Å². The molecule has 2 aliphatic carbocycles. The van der Waals surface area contributed by atoms with Crippen LogP contribution in [0.3, 0.4) is 0 Å². The Balaban J connectivity index is 1.38. The molecular formula is C27H40N6O4. The molecule has 2 fully saturated rings. The van der Waals surface area contributed by atoms with Gasteiger partial charge < -0.3 is 19.7 Å². The molecule has 202 valence electrons. The maximum Gasteiger partial charge on any atom is 0.317 e. The molecule has 2 saturated carbocycles. The Morgan fingerprint density at radius 1 is 1.19 bits per heavy atom. The van der Waals surface area contributed by atoms with Crippen LogP contribution in [0.25, 0.3) is 11.4 Å². The van der Waals surface area contributed by atoms with E-state index in [1.165, 1.54) is 19.3 Å². The number of carbonyl (C=O) groups is 2. The zero-order valence-corrected chi connectivity index (χ0v) is 22.7. The van der Waals surface area contributed by atoms with Crippen molar-refractivity contribution in [3.63, 3.8) is 0 Å². The summed E-state index contributed by atoms with van der Waals surface area (Å²) in [7, 11) is 3.64. The lowest BCUT2D eigenvalue weighted by atomic mass is 9.85. The number of hydrogen-bond donors (Lipinski definition) is 1. The standard InChI is InChI=1S/C27H40N6O4/c1-17(2)36-26(34)20-10-7-11-21(14-20)37-24-13-12-22(29-18(24)3)25-23(33(5)31-30-25)15-28-27(35)32(4)16-19-8-6-9-19/h12-13,17,19-21H,6-11,14-16H2,1-5H3,(H,28,35)/t20-,21-/m0/s1. The van der Waals surface area contributed by atoms with Crippen LogP contribution in [-0.4, -0.2) is 62.7 Å². The fourth-order valence-electron chi connectivity index (χ4n) is 4.99. The van der Waals surface area contributed by atoms with E-state index in [0.717, 1.165) is 37.2 Å². The van der Waals surface area contributed by atoms with Crippen molar-refractivity contribution in [3.05, 3.63) is 23.5 Å². The second kappa shape index (κ2) is 11.9. The zero-order valence-electron chi connectivity index (χ0n) is 22.7. The molecule has 0 spiro atoms. The van der Waals surface area contributed by atoms with Gasteiger partial charge in [-0.1, -0.05) is 11.6 Å². The lowest BCUT2D eigenvalue weighted by molar-refractivity contribution is -0.154. The summed E-state index contributed by atoms with van der Waals surface area (Å²) >= 11 is 0. The summed E-state index contributed by atoms with van der Waals surface area (Å²) in [6, 6.07) is 3.67. The Labute approximate surface area is 219 Å². The summed E-state index contributed by atoms with van der Waals surface area (Å²) in [4.78, 5) is 31.4. The number of carbonyl (C=O) groups excluding carboxylic acids is 2. The number of aryl methyl sites for hydroxylation is 2. The quantitative estimate of drug-likeness (QED) is 0.505. The maximum atomic E-state index is 12.6. The molecule has 0 aliphatic heterocycles. The molecule has 0 unspecified atom stereocenters. The van der Waals surface area contributed by atoms with Gasteiger partial charge in [-0.2, -0.15) is 0 Å². The highest BCUT2D eigenvalue weighted by Gasteiger charge is 2.30. The summed E-state index contributed by atoms with van der Waals surface area (Å²) in [5, 5.41) is 11.5. The molecule has 2 aliphatic rings. The molecule has 4 rings (SSSR count). The first-order chi connectivity index (χ1) is 17.7. The second-order valence-electron chi connectivity index (χ2n) is 10.7. The minimum Gasteiger partial charge on any atom is -0.489 e. The number of ether oxygens (including phenoxy) is 2. The average Bonchev–Trinajstić information content (AvgIpc) is 3.20. The van der Waals surface area contributed by atoms with E-state index >= 15 is 0 Å². The Kier molecular flexibility index (Phi) is 8.66. The molecule has 10 nitrogen and oxygen atoms in total. The van der Waals surface area contributed by atoms with Crippen LogP contribution in [0.15, 0.2) is 12.1 Å². The summed E-state index contributed by atoms with van der Waals surface area (Å²) < 4.78 is 13.4. The molecule has 10 heteroatoms. The number of nitrogens with one attached hydrogen (secondary N) is 1. The summed E-state index contributed by atoms with van der Waals surface area (Å²) in [5.74, 6) is 1.05. The van der Waals surface area contributed by atoms with Crippen LogP contribution < -0.4 is 10.1 Å². The van der Waals surface area contributed by atoms with Crippen molar-refractivity contribution in [2.24, 2.45) is 18.9 Å². The fourth-order valence-corrected chi connectivity index (χ4v) is 4.99. The van der Waals surface area contributed by atoms with Gasteiger partial charge in [-0.05, 0) is 77.3 Å². The molecular weight excluding hydrogens is 472 g/mol. The van der Waals surface area contributed by atoms with Crippen LogP contribution in [0.5, 0.6) is 5.75 Å². The lowest BCUT2D eigenvalue weighted by Gasteiger charge is -2.30. The van der Waals surface area contributed by atoms with Crippen molar-refractivity contribution < 1.29 is 19.1 Å². The largest absolute Gasteiger partial charge is 0.489 e. The Morgan fingerprint density at radius 3 is 2.62 bits per heavy atom. The smallest absolute Gasteiger partial charge is 0.317 e. The van der Waals surface area contributed by atoms with Crippen molar-refractivity contribution in [3.8, 4) is 17.1 Å². The number of pyridine rings is 1. The third kappa shape index (κ3) is 6.78. The van der Waals surface area contributed by atoms with Gasteiger partial charge in [-0.15, -0.1) is 5.10 Å². The summed E-state index contributed by atoms with van der Waals surface area (Å²) in [6.07, 6.45) is 6.81. The van der Waals surface area contributed by atoms with E-state index in [-0.39, 0.29) is 30.1 Å². The number of urea groups is 1. The van der Waals surface area contributed by atoms with E-state index in [4.69, 9.17) is 14.5 Å². The Morgan fingerprint density at radius 2 is 1.95 bits per heavy atom. The number of esters is 1. The predicted molar refractivity (Wildman–Crippen MR) is 139 cm³/mol. The maximum absolute atomic E-state index is 12.6. The normalized spacial score (nSPS) is 19.8. The highest BCUT2D eigenvalue weighted by molar-refractivity contribution is 5.74. The van der Waals surface area contributed by atoms with Crippen molar-refractivity contribution in [2.45, 2.75) is 84.5 Å². The van der Waals surface area contributed by atoms with Crippen LogP contribution in [0.2, 0.25) is 0 Å². The van der Waals surface area contributed by atoms with E-state index in [0.29, 0.717) is 36.0 Å². The topological polar surface area (TPSA) is 111 Å². The van der Waals surface area contributed by atoms with Gasteiger partial charge in [-0.3, -0.25) is 4.79 Å². The Hall–Kier alpha value is -3.17. The second-order valence-corrected chi connectivity index (χ2v) is 10.7. The molecule has 2 atom stereocenters. The number of aromatic nitrogens is 4. The molecule has 0 aromatic carbocycles. The zero-order chi connectivity index (χ0) is 26.5. The lowest BCUT2D eigenvalue weighted by Crippen LogP contribution is -2.41. The molecule has 0 bridgehead atoms. The summed E-state index contributed by atoms with van der Waals surface area (Å²) in [6.45, 7) is 6.74. The average molecular weight is 513 g/mol. The van der Waals surface area contributed by atoms with Gasteiger partial charge in [0.25, 0.3) is 0 Å². The van der Waals surface area contributed by atoms with Crippen molar-refractivity contribution in [1.29, 1.82) is 0 Å². The van der Waals surface area contributed by atoms with Gasteiger partial charge in [0.1, 0.15) is 11.4 Å². The van der Waals surface area contributed by atoms with Crippen LogP contribution in [0.1, 0.15) is 70.2 Å². The van der Waals surface area contributed by atoms with Gasteiger partial charge in [0, 0.05) is 20.6 Å². The minimum atomic E-state index is -0.134. The monoisotopic (exact) mass is 512 g/mol. The van der Waals surface area contributed by atoms with Gasteiger partial charge >= 0.3 is 12.0 Å². The summed E-state index contributed by atoms with van der Waals surface area (Å²) in [5.41, 5.74) is 2.83. The van der Waals surface area contributed by atoms with Crippen LogP contribution in [0, 0.1) is 18.8 Å². The Bertz CT molecular complexity index is 1100. The number of amides is 2. The molecule has 2 amide bonds. The van der Waals surface area contributed by atoms with Gasteiger partial charge in [0.15, 0.2) is 0 Å². The number of hydrogen-bond acceptors (Lipinski definition) is 7. The van der Waals surface area contributed by atoms with Gasteiger partial charge in [-0.25, -0.2) is 14.5 Å². The van der Waals surface area contributed by atoms with E-state index in [2.05, 4.69) is 15.6 Å². The molecule has 37 heavy (non-hydrogen) atoms. The van der Waals surface area contributed by atoms with Gasteiger partial charge in [0.2, 0.25) is 0 Å². The van der Waals surface area contributed by atoms with E-state index in [9.17, 15) is 9.59 Å². The van der Waals surface area contributed by atoms with Crippen molar-refractivity contribution in [1.82, 2.24) is 30.2 Å². The number of nitrogens with zero attached hydrogens (tertiary/aromatic N) is 5. The first-order valence-corrected chi connectivity index (χ1v) is 13.4. The molecule has 1 N–H and O–H groups in total. The first-order valence-electron chi connectivity index (χ1n) is 13.4. The molecule has 2 heterocycles. The van der Waals surface area contributed by atoms with E-state index < -0.39 is 0 Å². The fraction of sp³-hybridized carbons (Fsp3) is 0.667. The van der Waals surface area contributed by atoms with E-state index in [1.54, 1.807) is 9.58 Å². The highest BCUT2D eigenvalue weighted by Crippen LogP contribution is 2.31. The van der Waals surface area contributed by atoms with Crippen LogP contribution in [0.4, 0.5) is 4.79 Å². The van der Waals surface area contributed by atoms with Crippen molar-refractivity contribution >= 4 is 12.0 Å². The third-order valence-electron chi connectivity index (χ3n) is 7.34. The van der Waals surface area contributed by atoms with Crippen LogP contribution in [-0.2, 0) is 23.1 Å². The SMILES string of the molecule is Cc1nc(-c2nnn(C)c2CNC(=O)N(C)CC2CCC2)ccc1O[C@H]1CCC[C@H](C(=O)OC(C)C)C1. The van der Waals surface area contributed by atoms with E-state index in [1.807, 2.05) is 47.0 Å². The first kappa shape index (κ1) is 26.9. The highest BCUT2D eigenvalue weighted by atomic mass is 16.5. The molecule has 0 radical (unpaired) electrons. The molecule has 2 aromatic heterocycles. The molecule has 0 saturated heterocycles.